The molecule has 1 aromatic heterocycles. The maximum atomic E-state index is 13.8. The Hall–Kier alpha value is -2.62. The highest BCUT2D eigenvalue weighted by Gasteiger charge is 2.20. The van der Waals surface area contributed by atoms with Crippen LogP contribution in [-0.4, -0.2) is 32.3 Å². The lowest BCUT2D eigenvalue weighted by molar-refractivity contribution is -0.113. The highest BCUT2D eigenvalue weighted by atomic mass is 35.5. The van der Waals surface area contributed by atoms with Crippen LogP contribution in [0.1, 0.15) is 29.1 Å². The second-order valence-electron chi connectivity index (χ2n) is 6.51. The monoisotopic (exact) mass is 481 g/mol. The Morgan fingerprint density at radius 3 is 2.65 bits per heavy atom. The first-order chi connectivity index (χ1) is 14.8. The van der Waals surface area contributed by atoms with Crippen LogP contribution in [0.25, 0.3) is 0 Å². The van der Waals surface area contributed by atoms with E-state index in [2.05, 4.69) is 20.8 Å². The van der Waals surface area contributed by atoms with E-state index >= 15 is 0 Å². The number of thioether (sulfide) groups is 1. The van der Waals surface area contributed by atoms with Gasteiger partial charge in [-0.25, -0.2) is 4.39 Å². The summed E-state index contributed by atoms with van der Waals surface area (Å²) < 4.78 is 15.5. The van der Waals surface area contributed by atoms with Gasteiger partial charge >= 0.3 is 0 Å². The molecule has 0 bridgehead atoms. The minimum atomic E-state index is -0.604. The fraction of sp³-hybridized carbons (Fsp3) is 0.200. The fourth-order valence-electron chi connectivity index (χ4n) is 2.73. The van der Waals surface area contributed by atoms with Crippen molar-refractivity contribution in [2.45, 2.75) is 18.1 Å². The van der Waals surface area contributed by atoms with E-state index in [1.807, 2.05) is 0 Å². The molecule has 0 aliphatic heterocycles. The van der Waals surface area contributed by atoms with E-state index in [1.54, 1.807) is 42.8 Å². The average Bonchev–Trinajstić information content (AvgIpc) is 3.10. The molecule has 2 N–H and O–H groups in total. The zero-order chi connectivity index (χ0) is 22.5. The van der Waals surface area contributed by atoms with Crippen molar-refractivity contribution in [3.05, 3.63) is 69.7 Å². The molecule has 2 amide bonds. The normalized spacial score (nSPS) is 11.8. The van der Waals surface area contributed by atoms with Crippen molar-refractivity contribution >= 4 is 52.5 Å². The van der Waals surface area contributed by atoms with E-state index in [0.717, 1.165) is 0 Å². The molecule has 3 rings (SSSR count). The van der Waals surface area contributed by atoms with Crippen LogP contribution < -0.4 is 10.6 Å². The maximum absolute atomic E-state index is 13.8. The van der Waals surface area contributed by atoms with Crippen molar-refractivity contribution in [1.29, 1.82) is 0 Å². The predicted molar refractivity (Wildman–Crippen MR) is 119 cm³/mol. The quantitative estimate of drug-likeness (QED) is 0.485. The second-order valence-corrected chi connectivity index (χ2v) is 8.24. The second kappa shape index (κ2) is 10.1. The van der Waals surface area contributed by atoms with Gasteiger partial charge in [0.05, 0.1) is 33.1 Å². The van der Waals surface area contributed by atoms with Gasteiger partial charge in [-0.2, -0.15) is 0 Å². The maximum Gasteiger partial charge on any atom is 0.254 e. The summed E-state index contributed by atoms with van der Waals surface area (Å²) >= 11 is 13.2. The predicted octanol–water partition coefficient (Wildman–Crippen LogP) is 4.48. The Morgan fingerprint density at radius 1 is 1.16 bits per heavy atom. The number of anilines is 1. The summed E-state index contributed by atoms with van der Waals surface area (Å²) in [5.74, 6) is -0.928. The van der Waals surface area contributed by atoms with Crippen LogP contribution >= 0.6 is 35.0 Å². The van der Waals surface area contributed by atoms with Gasteiger partial charge in [0.1, 0.15) is 5.82 Å². The Bertz CT molecular complexity index is 1120. The van der Waals surface area contributed by atoms with Gasteiger partial charge in [0, 0.05) is 7.05 Å². The summed E-state index contributed by atoms with van der Waals surface area (Å²) in [4.78, 5) is 24.6. The van der Waals surface area contributed by atoms with Gasteiger partial charge in [-0.15, -0.1) is 10.2 Å². The van der Waals surface area contributed by atoms with Crippen molar-refractivity contribution in [2.24, 2.45) is 7.05 Å². The van der Waals surface area contributed by atoms with Crippen LogP contribution in [0.15, 0.2) is 47.6 Å². The molecule has 0 aliphatic carbocycles. The lowest BCUT2D eigenvalue weighted by atomic mass is 10.2. The van der Waals surface area contributed by atoms with Gasteiger partial charge in [-0.05, 0) is 31.2 Å². The van der Waals surface area contributed by atoms with Gasteiger partial charge in [-0.1, -0.05) is 53.2 Å². The molecule has 0 saturated carbocycles. The smallest absolute Gasteiger partial charge is 0.254 e. The third-order valence-corrected chi connectivity index (χ3v) is 6.12. The van der Waals surface area contributed by atoms with Gasteiger partial charge in [0.2, 0.25) is 5.91 Å². The van der Waals surface area contributed by atoms with Crippen molar-refractivity contribution in [1.82, 2.24) is 20.1 Å². The number of carbonyl (C=O) groups excluding carboxylic acids is 2. The molecular weight excluding hydrogens is 464 g/mol. The summed E-state index contributed by atoms with van der Waals surface area (Å²) in [6.07, 6.45) is 0. The lowest BCUT2D eigenvalue weighted by Gasteiger charge is -2.14. The van der Waals surface area contributed by atoms with Crippen LogP contribution in [0.5, 0.6) is 0 Å². The Labute approximate surface area is 192 Å². The van der Waals surface area contributed by atoms with Crippen LogP contribution in [0.3, 0.4) is 0 Å². The van der Waals surface area contributed by atoms with Crippen LogP contribution in [0.4, 0.5) is 10.1 Å². The molecule has 0 spiro atoms. The molecule has 0 aliphatic rings. The van der Waals surface area contributed by atoms with E-state index in [9.17, 15) is 14.0 Å². The molecule has 3 aromatic rings. The van der Waals surface area contributed by atoms with Gasteiger partial charge in [0.15, 0.2) is 11.0 Å². The van der Waals surface area contributed by atoms with Crippen LogP contribution in [-0.2, 0) is 11.8 Å². The molecule has 0 saturated heterocycles. The molecule has 2 aromatic carbocycles. The summed E-state index contributed by atoms with van der Waals surface area (Å²) in [6, 6.07) is 10.2. The van der Waals surface area contributed by atoms with Crippen LogP contribution in [0, 0.1) is 5.82 Å². The minimum absolute atomic E-state index is 0.0533. The molecule has 162 valence electrons. The van der Waals surface area contributed by atoms with Crippen molar-refractivity contribution in [3.63, 3.8) is 0 Å². The molecule has 0 fully saturated rings. The molecule has 1 unspecified atom stereocenters. The van der Waals surface area contributed by atoms with E-state index in [-0.39, 0.29) is 22.2 Å². The number of hydrogen-bond acceptors (Lipinski definition) is 5. The number of amides is 2. The zero-order valence-electron chi connectivity index (χ0n) is 16.5. The van der Waals surface area contributed by atoms with E-state index in [4.69, 9.17) is 23.2 Å². The van der Waals surface area contributed by atoms with Gasteiger partial charge in [-0.3, -0.25) is 9.59 Å². The Kier molecular flexibility index (Phi) is 7.53. The highest BCUT2D eigenvalue weighted by Crippen LogP contribution is 2.29. The van der Waals surface area contributed by atoms with Crippen molar-refractivity contribution < 1.29 is 14.0 Å². The highest BCUT2D eigenvalue weighted by molar-refractivity contribution is 7.99. The molecule has 0 radical (unpaired) electrons. The number of aromatic nitrogens is 3. The zero-order valence-corrected chi connectivity index (χ0v) is 18.9. The van der Waals surface area contributed by atoms with Crippen LogP contribution in [0.2, 0.25) is 10.0 Å². The number of hydrogen-bond donors (Lipinski definition) is 2. The molecule has 11 heteroatoms. The number of nitrogens with zero attached hydrogens (tertiary/aromatic N) is 3. The topological polar surface area (TPSA) is 88.9 Å². The van der Waals surface area contributed by atoms with Crippen molar-refractivity contribution in [3.8, 4) is 0 Å². The Morgan fingerprint density at radius 2 is 1.90 bits per heavy atom. The standard InChI is InChI=1S/C20H18Cl2FN5O2S/c1-11(24-19(30)12-6-3-4-8-14(12)23)18-26-27-20(28(18)2)31-10-16(29)25-15-9-5-7-13(21)17(15)22/h3-9,11H,10H2,1-2H3,(H,24,30)(H,25,29). The minimum Gasteiger partial charge on any atom is -0.342 e. The number of carbonyl (C=O) groups is 2. The Balaban J connectivity index is 1.60. The average molecular weight is 482 g/mol. The van der Waals surface area contributed by atoms with E-state index < -0.39 is 17.8 Å². The summed E-state index contributed by atoms with van der Waals surface area (Å²) in [5.41, 5.74) is 0.366. The summed E-state index contributed by atoms with van der Waals surface area (Å²) in [5, 5.41) is 14.6. The lowest BCUT2D eigenvalue weighted by Crippen LogP contribution is -2.29. The molecular formula is C20H18Cl2FN5O2S. The van der Waals surface area contributed by atoms with E-state index in [0.29, 0.717) is 21.7 Å². The third-order valence-electron chi connectivity index (χ3n) is 4.28. The number of rotatable bonds is 7. The number of nitrogens with one attached hydrogen (secondary N) is 2. The van der Waals surface area contributed by atoms with E-state index in [1.165, 1.54) is 30.0 Å². The molecule has 7 nitrogen and oxygen atoms in total. The first-order valence-electron chi connectivity index (χ1n) is 9.09. The molecule has 1 heterocycles. The largest absolute Gasteiger partial charge is 0.342 e. The fourth-order valence-corrected chi connectivity index (χ4v) is 3.80. The summed E-state index contributed by atoms with van der Waals surface area (Å²) in [6.45, 7) is 1.71. The number of benzene rings is 2. The number of halogens is 3. The van der Waals surface area contributed by atoms with Crippen molar-refractivity contribution in [2.75, 3.05) is 11.1 Å². The molecule has 1 atom stereocenters. The third kappa shape index (κ3) is 5.55. The first kappa shape index (κ1) is 23.1. The first-order valence-corrected chi connectivity index (χ1v) is 10.8. The van der Waals surface area contributed by atoms with Gasteiger partial charge < -0.3 is 15.2 Å². The van der Waals surface area contributed by atoms with Gasteiger partial charge in [0.25, 0.3) is 5.91 Å². The SMILES string of the molecule is CC(NC(=O)c1ccccc1F)c1nnc(SCC(=O)Nc2cccc(Cl)c2Cl)n1C. The summed E-state index contributed by atoms with van der Waals surface area (Å²) in [7, 11) is 1.72. The molecule has 31 heavy (non-hydrogen) atoms.